The topological polar surface area (TPSA) is 43.8 Å². The Hall–Kier alpha value is -1.68. The van der Waals surface area contributed by atoms with Crippen molar-refractivity contribution in [2.75, 3.05) is 0 Å². The molecule has 0 saturated carbocycles. The van der Waals surface area contributed by atoms with E-state index in [1.54, 1.807) is 0 Å². The van der Waals surface area contributed by atoms with Crippen LogP contribution in [0.2, 0.25) is 0 Å². The molecule has 0 amide bonds. The Morgan fingerprint density at radius 1 is 1.36 bits per heavy atom. The number of nitrogens with zero attached hydrogens (tertiary/aromatic N) is 2. The first-order valence-corrected chi connectivity index (χ1v) is 4.30. The van der Waals surface area contributed by atoms with Crippen molar-refractivity contribution in [3.63, 3.8) is 0 Å². The van der Waals surface area contributed by atoms with Crippen molar-refractivity contribution in [1.29, 1.82) is 0 Å². The zero-order valence-electron chi connectivity index (χ0n) is 7.52. The van der Waals surface area contributed by atoms with Crippen LogP contribution in [0.1, 0.15) is 5.56 Å². The molecule has 2 rings (SSSR count). The molecule has 4 heteroatoms. The lowest BCUT2D eigenvalue weighted by molar-refractivity contribution is 0.374. The molecule has 0 atom stereocenters. The number of hydrogen-bond donors (Lipinski definition) is 1. The van der Waals surface area contributed by atoms with Crippen LogP contribution in [0, 0.1) is 0 Å². The van der Waals surface area contributed by atoms with E-state index in [1.165, 1.54) is 6.20 Å². The Morgan fingerprint density at radius 2 is 2.14 bits per heavy atom. The molecule has 0 spiro atoms. The van der Waals surface area contributed by atoms with Gasteiger partial charge in [0.15, 0.2) is 0 Å². The Bertz CT molecular complexity index is 436. The smallest absolute Gasteiger partial charge is 0.127 e. The van der Waals surface area contributed by atoms with E-state index in [4.69, 9.17) is 5.73 Å². The summed E-state index contributed by atoms with van der Waals surface area (Å²) in [6.45, 7) is 0.390. The van der Waals surface area contributed by atoms with Crippen molar-refractivity contribution in [1.82, 2.24) is 9.77 Å². The van der Waals surface area contributed by atoms with Crippen LogP contribution in [0.4, 0.5) is 4.48 Å². The molecule has 2 N–H and O–H groups in total. The van der Waals surface area contributed by atoms with Crippen molar-refractivity contribution in [2.24, 2.45) is 5.73 Å². The third kappa shape index (κ3) is 1.40. The minimum atomic E-state index is 0.390. The second kappa shape index (κ2) is 3.59. The van der Waals surface area contributed by atoms with Gasteiger partial charge in [0.1, 0.15) is 12.0 Å². The number of hydrogen-bond acceptors (Lipinski definition) is 2. The van der Waals surface area contributed by atoms with E-state index in [-0.39, 0.29) is 0 Å². The van der Waals surface area contributed by atoms with E-state index in [2.05, 4.69) is 4.98 Å². The second-order valence-electron chi connectivity index (χ2n) is 2.95. The molecule has 2 aromatic rings. The van der Waals surface area contributed by atoms with Gasteiger partial charge < -0.3 is 5.73 Å². The molecule has 3 nitrogen and oxygen atoms in total. The van der Waals surface area contributed by atoms with Crippen LogP contribution in [-0.2, 0) is 6.54 Å². The maximum atomic E-state index is 13.2. The third-order valence-electron chi connectivity index (χ3n) is 2.11. The van der Waals surface area contributed by atoms with Gasteiger partial charge in [-0.25, -0.2) is 4.98 Å². The van der Waals surface area contributed by atoms with Crippen LogP contribution in [0.5, 0.6) is 0 Å². The van der Waals surface area contributed by atoms with Crippen molar-refractivity contribution < 1.29 is 4.48 Å². The average molecular weight is 191 g/mol. The SMILES string of the molecule is NCc1ccccc1-c1cncn1F. The molecule has 1 heterocycles. The zero-order chi connectivity index (χ0) is 9.97. The summed E-state index contributed by atoms with van der Waals surface area (Å²) in [6.07, 6.45) is 2.61. The molecule has 0 aliphatic heterocycles. The van der Waals surface area contributed by atoms with Gasteiger partial charge in [0, 0.05) is 12.1 Å². The van der Waals surface area contributed by atoms with Gasteiger partial charge in [0.05, 0.1) is 6.20 Å². The minimum Gasteiger partial charge on any atom is -0.326 e. The number of aromatic nitrogens is 2. The Kier molecular flexibility index (Phi) is 2.28. The lowest BCUT2D eigenvalue weighted by Crippen LogP contribution is -1.99. The first-order chi connectivity index (χ1) is 6.83. The predicted octanol–water partition coefficient (Wildman–Crippen LogP) is 1.74. The van der Waals surface area contributed by atoms with Gasteiger partial charge in [-0.3, -0.25) is 0 Å². The maximum absolute atomic E-state index is 13.2. The fourth-order valence-electron chi connectivity index (χ4n) is 1.41. The molecule has 1 aromatic carbocycles. The average Bonchev–Trinajstić information content (AvgIpc) is 2.64. The van der Waals surface area contributed by atoms with E-state index in [0.717, 1.165) is 17.5 Å². The summed E-state index contributed by atoms with van der Waals surface area (Å²) in [7, 11) is 0. The van der Waals surface area contributed by atoms with Crippen LogP contribution in [-0.4, -0.2) is 9.77 Å². The van der Waals surface area contributed by atoms with Crippen molar-refractivity contribution in [3.05, 3.63) is 42.4 Å². The molecule has 1 aromatic heterocycles. The monoisotopic (exact) mass is 191 g/mol. The maximum Gasteiger partial charge on any atom is 0.127 e. The number of rotatable bonds is 2. The highest BCUT2D eigenvalue weighted by atomic mass is 19.2. The summed E-state index contributed by atoms with van der Waals surface area (Å²) < 4.78 is 13.2. The summed E-state index contributed by atoms with van der Waals surface area (Å²) in [4.78, 5) is 4.22. The fraction of sp³-hybridized carbons (Fsp3) is 0.100. The molecule has 0 saturated heterocycles. The summed E-state index contributed by atoms with van der Waals surface area (Å²) >= 11 is 0. The number of benzene rings is 1. The van der Waals surface area contributed by atoms with Crippen molar-refractivity contribution in [2.45, 2.75) is 6.54 Å². The lowest BCUT2D eigenvalue weighted by atomic mass is 10.1. The molecule has 0 radical (unpaired) electrons. The standard InChI is InChI=1S/C10H10FN3/c11-14-7-13-6-10(14)9-4-2-1-3-8(9)5-12/h1-4,6-7H,5,12H2. The summed E-state index contributed by atoms with van der Waals surface area (Å²) in [5.41, 5.74) is 7.69. The van der Waals surface area contributed by atoms with E-state index < -0.39 is 0 Å². The summed E-state index contributed by atoms with van der Waals surface area (Å²) in [5, 5.41) is 0. The van der Waals surface area contributed by atoms with Crippen LogP contribution in [0.25, 0.3) is 11.3 Å². The van der Waals surface area contributed by atoms with Gasteiger partial charge >= 0.3 is 0 Å². The van der Waals surface area contributed by atoms with Gasteiger partial charge in [-0.2, -0.15) is 4.79 Å². The molecule has 0 bridgehead atoms. The minimum absolute atomic E-state index is 0.390. The van der Waals surface area contributed by atoms with Crippen LogP contribution in [0.15, 0.2) is 36.8 Å². The molecule has 72 valence electrons. The fourth-order valence-corrected chi connectivity index (χ4v) is 1.41. The molecular formula is C10H10FN3. The van der Waals surface area contributed by atoms with Crippen LogP contribution >= 0.6 is 0 Å². The molecule has 14 heavy (non-hydrogen) atoms. The van der Waals surface area contributed by atoms with Crippen LogP contribution in [0.3, 0.4) is 0 Å². The Balaban J connectivity index is 2.56. The normalized spacial score (nSPS) is 10.4. The highest BCUT2D eigenvalue weighted by molar-refractivity contribution is 5.63. The first-order valence-electron chi connectivity index (χ1n) is 4.30. The lowest BCUT2D eigenvalue weighted by Gasteiger charge is -2.05. The second-order valence-corrected chi connectivity index (χ2v) is 2.95. The summed E-state index contributed by atoms with van der Waals surface area (Å²) in [5.74, 6) is 0. The third-order valence-corrected chi connectivity index (χ3v) is 2.11. The molecule has 0 fully saturated rings. The quantitative estimate of drug-likeness (QED) is 0.785. The molecular weight excluding hydrogens is 181 g/mol. The molecule has 0 aliphatic carbocycles. The number of halogens is 1. The molecule has 0 unspecified atom stereocenters. The van der Waals surface area contributed by atoms with Gasteiger partial charge in [-0.1, -0.05) is 28.7 Å². The Morgan fingerprint density at radius 3 is 2.79 bits per heavy atom. The van der Waals surface area contributed by atoms with Crippen molar-refractivity contribution in [3.8, 4) is 11.3 Å². The predicted molar refractivity (Wildman–Crippen MR) is 52.1 cm³/mol. The first kappa shape index (κ1) is 8.90. The Labute approximate surface area is 80.9 Å². The van der Waals surface area contributed by atoms with E-state index >= 15 is 0 Å². The van der Waals surface area contributed by atoms with Crippen molar-refractivity contribution >= 4 is 0 Å². The zero-order valence-corrected chi connectivity index (χ0v) is 7.52. The van der Waals surface area contributed by atoms with E-state index in [0.29, 0.717) is 17.0 Å². The highest BCUT2D eigenvalue weighted by Crippen LogP contribution is 2.22. The van der Waals surface area contributed by atoms with Gasteiger partial charge in [0.25, 0.3) is 0 Å². The highest BCUT2D eigenvalue weighted by Gasteiger charge is 2.07. The molecule has 0 aliphatic rings. The van der Waals surface area contributed by atoms with E-state index in [1.807, 2.05) is 24.3 Å². The number of nitrogens with two attached hydrogens (primary N) is 1. The number of imidazole rings is 1. The van der Waals surface area contributed by atoms with Crippen LogP contribution < -0.4 is 5.73 Å². The largest absolute Gasteiger partial charge is 0.326 e. The van der Waals surface area contributed by atoms with Gasteiger partial charge in [-0.15, -0.1) is 0 Å². The summed E-state index contributed by atoms with van der Waals surface area (Å²) in [6, 6.07) is 7.43. The van der Waals surface area contributed by atoms with Gasteiger partial charge in [-0.05, 0) is 5.56 Å². The van der Waals surface area contributed by atoms with E-state index in [9.17, 15) is 4.48 Å². The van der Waals surface area contributed by atoms with Gasteiger partial charge in [0.2, 0.25) is 0 Å².